The van der Waals surface area contributed by atoms with Crippen molar-refractivity contribution >= 4 is 5.91 Å². The zero-order valence-electron chi connectivity index (χ0n) is 12.2. The number of likely N-dealkylation sites (tertiary alicyclic amines) is 1. The van der Waals surface area contributed by atoms with Gasteiger partial charge in [0.05, 0.1) is 6.07 Å². The van der Waals surface area contributed by atoms with Crippen LogP contribution >= 0.6 is 0 Å². The number of benzene rings is 1. The predicted molar refractivity (Wildman–Crippen MR) is 78.9 cm³/mol. The van der Waals surface area contributed by atoms with Crippen LogP contribution in [0.4, 0.5) is 4.39 Å². The van der Waals surface area contributed by atoms with E-state index in [4.69, 9.17) is 5.26 Å². The molecule has 1 aliphatic heterocycles. The van der Waals surface area contributed by atoms with E-state index in [0.717, 1.165) is 50.8 Å². The molecule has 1 saturated heterocycles. The summed E-state index contributed by atoms with van der Waals surface area (Å²) < 4.78 is 12.8. The van der Waals surface area contributed by atoms with Crippen molar-refractivity contribution in [2.45, 2.75) is 38.5 Å². The highest BCUT2D eigenvalue weighted by Crippen LogP contribution is 2.17. The minimum atomic E-state index is -0.213. The molecule has 0 aromatic heterocycles. The molecule has 0 unspecified atom stereocenters. The molecule has 0 spiro atoms. The van der Waals surface area contributed by atoms with Gasteiger partial charge in [-0.15, -0.1) is 0 Å². The van der Waals surface area contributed by atoms with Gasteiger partial charge < -0.3 is 4.90 Å². The first kappa shape index (κ1) is 15.5. The summed E-state index contributed by atoms with van der Waals surface area (Å²) in [7, 11) is 0. The maximum Gasteiger partial charge on any atom is 0.222 e. The maximum atomic E-state index is 12.8. The van der Waals surface area contributed by atoms with Crippen LogP contribution in [0.2, 0.25) is 0 Å². The number of hydrogen-bond donors (Lipinski definition) is 0. The summed E-state index contributed by atoms with van der Waals surface area (Å²) in [6.07, 6.45) is 4.85. The van der Waals surface area contributed by atoms with E-state index in [1.165, 1.54) is 12.1 Å². The molecule has 1 aliphatic rings. The van der Waals surface area contributed by atoms with Crippen molar-refractivity contribution in [3.05, 3.63) is 35.6 Å². The third-order valence-electron chi connectivity index (χ3n) is 4.05. The highest BCUT2D eigenvalue weighted by atomic mass is 19.1. The topological polar surface area (TPSA) is 44.1 Å². The fraction of sp³-hybridized carbons (Fsp3) is 0.529. The van der Waals surface area contributed by atoms with Gasteiger partial charge in [-0.3, -0.25) is 4.79 Å². The Labute approximate surface area is 125 Å². The van der Waals surface area contributed by atoms with E-state index < -0.39 is 0 Å². The summed E-state index contributed by atoms with van der Waals surface area (Å²) in [6, 6.07) is 8.81. The molecule has 2 rings (SSSR count). The van der Waals surface area contributed by atoms with Gasteiger partial charge >= 0.3 is 0 Å². The molecule has 1 aromatic carbocycles. The average molecular weight is 288 g/mol. The van der Waals surface area contributed by atoms with E-state index in [9.17, 15) is 9.18 Å². The Morgan fingerprint density at radius 2 is 1.90 bits per heavy atom. The van der Waals surface area contributed by atoms with E-state index >= 15 is 0 Å². The summed E-state index contributed by atoms with van der Waals surface area (Å²) in [5.74, 6) is 0.104. The SMILES string of the molecule is N#CC1CCN(C(=O)CCCCc2ccc(F)cc2)CC1. The Kier molecular flexibility index (Phi) is 5.74. The second-order valence-corrected chi connectivity index (χ2v) is 5.62. The molecule has 1 amide bonds. The van der Waals surface area contributed by atoms with Crippen LogP contribution in [0, 0.1) is 23.1 Å². The molecule has 4 heteroatoms. The number of aryl methyl sites for hydroxylation is 1. The Bertz CT molecular complexity index is 499. The largest absolute Gasteiger partial charge is 0.343 e. The van der Waals surface area contributed by atoms with Crippen LogP contribution in [-0.4, -0.2) is 23.9 Å². The molecule has 0 bridgehead atoms. The summed E-state index contributed by atoms with van der Waals surface area (Å²) >= 11 is 0. The highest BCUT2D eigenvalue weighted by Gasteiger charge is 2.21. The molecule has 0 N–H and O–H groups in total. The van der Waals surface area contributed by atoms with Gasteiger partial charge in [-0.1, -0.05) is 12.1 Å². The summed E-state index contributed by atoms with van der Waals surface area (Å²) in [4.78, 5) is 13.9. The van der Waals surface area contributed by atoms with E-state index in [2.05, 4.69) is 6.07 Å². The number of nitrogens with zero attached hydrogens (tertiary/aromatic N) is 2. The molecule has 1 fully saturated rings. The Balaban J connectivity index is 1.63. The molecular formula is C17H21FN2O. The average Bonchev–Trinajstić information content (AvgIpc) is 2.53. The van der Waals surface area contributed by atoms with Crippen molar-refractivity contribution in [2.75, 3.05) is 13.1 Å². The van der Waals surface area contributed by atoms with Crippen molar-refractivity contribution in [3.63, 3.8) is 0 Å². The van der Waals surface area contributed by atoms with Crippen LogP contribution in [0.3, 0.4) is 0 Å². The first-order chi connectivity index (χ1) is 10.2. The van der Waals surface area contributed by atoms with Crippen molar-refractivity contribution in [3.8, 4) is 6.07 Å². The van der Waals surface area contributed by atoms with E-state index in [1.54, 1.807) is 12.1 Å². The van der Waals surface area contributed by atoms with Gasteiger partial charge in [-0.2, -0.15) is 5.26 Å². The van der Waals surface area contributed by atoms with Gasteiger partial charge in [0.25, 0.3) is 0 Å². The smallest absolute Gasteiger partial charge is 0.222 e. The summed E-state index contributed by atoms with van der Waals surface area (Å²) in [6.45, 7) is 1.43. The maximum absolute atomic E-state index is 12.8. The van der Waals surface area contributed by atoms with Gasteiger partial charge in [0.2, 0.25) is 5.91 Å². The number of carbonyl (C=O) groups excluding carboxylic acids is 1. The lowest BCUT2D eigenvalue weighted by molar-refractivity contribution is -0.132. The van der Waals surface area contributed by atoms with Crippen LogP contribution in [0.15, 0.2) is 24.3 Å². The van der Waals surface area contributed by atoms with Crippen LogP contribution < -0.4 is 0 Å². The molecule has 1 aromatic rings. The van der Waals surface area contributed by atoms with Crippen molar-refractivity contribution in [2.24, 2.45) is 5.92 Å². The van der Waals surface area contributed by atoms with Crippen LogP contribution in [0.25, 0.3) is 0 Å². The Morgan fingerprint density at radius 3 is 2.52 bits per heavy atom. The molecule has 0 aliphatic carbocycles. The van der Waals surface area contributed by atoms with Crippen molar-refractivity contribution < 1.29 is 9.18 Å². The van der Waals surface area contributed by atoms with Gasteiger partial charge in [0, 0.05) is 25.4 Å². The zero-order valence-corrected chi connectivity index (χ0v) is 12.2. The molecule has 0 atom stereocenters. The number of unbranched alkanes of at least 4 members (excludes halogenated alkanes) is 1. The van der Waals surface area contributed by atoms with Crippen LogP contribution in [0.5, 0.6) is 0 Å². The molecular weight excluding hydrogens is 267 g/mol. The molecule has 0 radical (unpaired) electrons. The quantitative estimate of drug-likeness (QED) is 0.780. The summed E-state index contributed by atoms with van der Waals surface area (Å²) in [5.41, 5.74) is 1.11. The Hall–Kier alpha value is -1.89. The monoisotopic (exact) mass is 288 g/mol. The number of piperidine rings is 1. The van der Waals surface area contributed by atoms with E-state index in [1.807, 2.05) is 4.90 Å². The third-order valence-corrected chi connectivity index (χ3v) is 4.05. The first-order valence-corrected chi connectivity index (χ1v) is 7.61. The lowest BCUT2D eigenvalue weighted by atomic mass is 9.98. The highest BCUT2D eigenvalue weighted by molar-refractivity contribution is 5.76. The molecule has 21 heavy (non-hydrogen) atoms. The van der Waals surface area contributed by atoms with Crippen molar-refractivity contribution in [1.29, 1.82) is 5.26 Å². The Morgan fingerprint density at radius 1 is 1.24 bits per heavy atom. The zero-order chi connectivity index (χ0) is 15.1. The minimum Gasteiger partial charge on any atom is -0.343 e. The molecule has 3 nitrogen and oxygen atoms in total. The number of nitriles is 1. The van der Waals surface area contributed by atoms with Crippen LogP contribution in [0.1, 0.15) is 37.7 Å². The normalized spacial score (nSPS) is 15.7. The lowest BCUT2D eigenvalue weighted by Crippen LogP contribution is -2.38. The van der Waals surface area contributed by atoms with Gasteiger partial charge in [0.15, 0.2) is 0 Å². The van der Waals surface area contributed by atoms with Gasteiger partial charge in [-0.25, -0.2) is 4.39 Å². The molecule has 112 valence electrons. The third kappa shape index (κ3) is 4.86. The second kappa shape index (κ2) is 7.78. The van der Waals surface area contributed by atoms with Crippen molar-refractivity contribution in [1.82, 2.24) is 4.90 Å². The number of amides is 1. The lowest BCUT2D eigenvalue weighted by Gasteiger charge is -2.29. The standard InChI is InChI=1S/C17H21FN2O/c18-16-7-5-14(6-8-16)3-1-2-4-17(21)20-11-9-15(13-19)10-12-20/h5-8,15H,1-4,9-12H2. The van der Waals surface area contributed by atoms with Crippen LogP contribution in [-0.2, 0) is 11.2 Å². The fourth-order valence-electron chi connectivity index (χ4n) is 2.67. The van der Waals surface area contributed by atoms with Gasteiger partial charge in [0.1, 0.15) is 5.82 Å². The fourth-order valence-corrected chi connectivity index (χ4v) is 2.67. The number of rotatable bonds is 5. The van der Waals surface area contributed by atoms with E-state index in [-0.39, 0.29) is 17.6 Å². The minimum absolute atomic E-state index is 0.118. The summed E-state index contributed by atoms with van der Waals surface area (Å²) in [5, 5.41) is 8.84. The number of halogens is 1. The number of hydrogen-bond acceptors (Lipinski definition) is 2. The number of carbonyl (C=O) groups is 1. The van der Waals surface area contributed by atoms with Gasteiger partial charge in [-0.05, 0) is 49.8 Å². The molecule has 0 saturated carbocycles. The second-order valence-electron chi connectivity index (χ2n) is 5.62. The molecule has 1 heterocycles. The predicted octanol–water partition coefficient (Wildman–Crippen LogP) is 3.30. The van der Waals surface area contributed by atoms with E-state index in [0.29, 0.717) is 6.42 Å². The first-order valence-electron chi connectivity index (χ1n) is 7.61.